The lowest BCUT2D eigenvalue weighted by atomic mass is 10.1. The summed E-state index contributed by atoms with van der Waals surface area (Å²) in [4.78, 5) is 39.0. The van der Waals surface area contributed by atoms with Gasteiger partial charge in [-0.2, -0.15) is 0 Å². The smallest absolute Gasteiger partial charge is 0.408 e. The van der Waals surface area contributed by atoms with Gasteiger partial charge < -0.3 is 20.1 Å². The molecule has 0 radical (unpaired) electrons. The van der Waals surface area contributed by atoms with E-state index in [1.165, 1.54) is 18.2 Å². The van der Waals surface area contributed by atoms with Gasteiger partial charge in [0.2, 0.25) is 0 Å². The maximum atomic E-state index is 13.3. The summed E-state index contributed by atoms with van der Waals surface area (Å²) in [6, 6.07) is 28.9. The molecule has 0 saturated heterocycles. The molecule has 4 aromatic carbocycles. The van der Waals surface area contributed by atoms with Crippen LogP contribution in [0.15, 0.2) is 103 Å². The molecule has 0 aliphatic heterocycles. The van der Waals surface area contributed by atoms with Crippen LogP contribution in [0.3, 0.4) is 0 Å². The van der Waals surface area contributed by atoms with Gasteiger partial charge in [0.05, 0.1) is 5.56 Å². The first kappa shape index (κ1) is 27.4. The number of alkyl carbamates (subject to hydrolysis) is 1. The van der Waals surface area contributed by atoms with Crippen LogP contribution in [0, 0.1) is 6.92 Å². The van der Waals surface area contributed by atoms with Gasteiger partial charge in [-0.15, -0.1) is 0 Å². The van der Waals surface area contributed by atoms with Crippen molar-refractivity contribution in [2.75, 3.05) is 5.32 Å². The van der Waals surface area contributed by atoms with Gasteiger partial charge in [-0.3, -0.25) is 4.79 Å². The van der Waals surface area contributed by atoms with E-state index >= 15 is 0 Å². The summed E-state index contributed by atoms with van der Waals surface area (Å²) in [7, 11) is 0. The number of aryl methyl sites for hydroxylation is 1. The van der Waals surface area contributed by atoms with Crippen molar-refractivity contribution in [3.63, 3.8) is 0 Å². The average molecular weight is 543 g/mol. The Morgan fingerprint density at radius 1 is 0.821 bits per heavy atom. The van der Waals surface area contributed by atoms with Crippen molar-refractivity contribution in [2.24, 2.45) is 0 Å². The summed E-state index contributed by atoms with van der Waals surface area (Å²) in [5.41, 5.74) is 3.30. The van der Waals surface area contributed by atoms with Gasteiger partial charge in [-0.25, -0.2) is 9.59 Å². The lowest BCUT2D eigenvalue weighted by Gasteiger charge is -2.19. The van der Waals surface area contributed by atoms with Crippen molar-refractivity contribution in [2.45, 2.75) is 26.0 Å². The lowest BCUT2D eigenvalue weighted by molar-refractivity contribution is -0.136. The third-order valence-electron chi connectivity index (χ3n) is 5.78. The molecule has 0 fully saturated rings. The first-order valence-corrected chi connectivity index (χ1v) is 12.7. The predicted molar refractivity (Wildman–Crippen MR) is 150 cm³/mol. The summed E-state index contributed by atoms with van der Waals surface area (Å²) >= 11 is 6.15. The molecule has 0 aromatic heterocycles. The van der Waals surface area contributed by atoms with E-state index in [2.05, 4.69) is 10.6 Å². The van der Waals surface area contributed by atoms with Gasteiger partial charge in [0.15, 0.2) is 0 Å². The molecule has 0 spiro atoms. The molecule has 7 nitrogen and oxygen atoms in total. The third kappa shape index (κ3) is 8.18. The minimum Gasteiger partial charge on any atom is -0.445 e. The van der Waals surface area contributed by atoms with Crippen molar-refractivity contribution in [3.05, 3.63) is 130 Å². The quantitative estimate of drug-likeness (QED) is 0.190. The first-order valence-electron chi connectivity index (χ1n) is 12.3. The molecule has 0 unspecified atom stereocenters. The highest BCUT2D eigenvalue weighted by Gasteiger charge is 2.26. The SMILES string of the molecule is Cc1ccc(NC(=O)c2cc(Cl)ccc2OC(=O)[C@H](Cc2ccccc2)NC(=O)OCc2ccccc2)cc1. The Labute approximate surface area is 231 Å². The van der Waals surface area contributed by atoms with Crippen LogP contribution >= 0.6 is 11.6 Å². The van der Waals surface area contributed by atoms with E-state index in [0.29, 0.717) is 10.7 Å². The largest absolute Gasteiger partial charge is 0.445 e. The van der Waals surface area contributed by atoms with Crippen LogP contribution in [0.1, 0.15) is 27.0 Å². The molecule has 2 N–H and O–H groups in total. The van der Waals surface area contributed by atoms with Crippen LogP contribution in [-0.2, 0) is 22.6 Å². The topological polar surface area (TPSA) is 93.7 Å². The van der Waals surface area contributed by atoms with Gasteiger partial charge in [0, 0.05) is 17.1 Å². The van der Waals surface area contributed by atoms with Crippen molar-refractivity contribution >= 4 is 35.3 Å². The fourth-order valence-corrected chi connectivity index (χ4v) is 3.91. The van der Waals surface area contributed by atoms with Crippen LogP contribution in [0.25, 0.3) is 0 Å². The molecule has 2 amide bonds. The van der Waals surface area contributed by atoms with Crippen LogP contribution in [0.5, 0.6) is 5.75 Å². The van der Waals surface area contributed by atoms with E-state index in [1.54, 1.807) is 12.1 Å². The Kier molecular flexibility index (Phi) is 9.32. The second kappa shape index (κ2) is 13.3. The summed E-state index contributed by atoms with van der Waals surface area (Å²) in [5, 5.41) is 5.68. The van der Waals surface area contributed by atoms with Gasteiger partial charge in [-0.1, -0.05) is 90.0 Å². The maximum absolute atomic E-state index is 13.3. The van der Waals surface area contributed by atoms with Gasteiger partial charge >= 0.3 is 12.1 Å². The van der Waals surface area contributed by atoms with Crippen molar-refractivity contribution < 1.29 is 23.9 Å². The molecule has 0 saturated carbocycles. The number of amides is 2. The van der Waals surface area contributed by atoms with Crippen molar-refractivity contribution in [1.82, 2.24) is 5.32 Å². The molecule has 0 aliphatic carbocycles. The highest BCUT2D eigenvalue weighted by molar-refractivity contribution is 6.31. The Bertz CT molecular complexity index is 1430. The fourth-order valence-electron chi connectivity index (χ4n) is 3.73. The molecule has 0 heterocycles. The molecular formula is C31H27ClN2O5. The Morgan fingerprint density at radius 3 is 2.13 bits per heavy atom. The predicted octanol–water partition coefficient (Wildman–Crippen LogP) is 6.34. The number of ether oxygens (including phenoxy) is 2. The third-order valence-corrected chi connectivity index (χ3v) is 6.01. The van der Waals surface area contributed by atoms with E-state index in [-0.39, 0.29) is 24.3 Å². The number of halogens is 1. The second-order valence-electron chi connectivity index (χ2n) is 8.83. The molecule has 1 atom stereocenters. The number of hydrogen-bond acceptors (Lipinski definition) is 5. The van der Waals surface area contributed by atoms with Crippen molar-refractivity contribution in [1.29, 1.82) is 0 Å². The summed E-state index contributed by atoms with van der Waals surface area (Å²) in [5.74, 6) is -1.26. The molecular weight excluding hydrogens is 516 g/mol. The van der Waals surface area contributed by atoms with Gasteiger partial charge in [0.25, 0.3) is 5.91 Å². The number of benzene rings is 4. The number of esters is 1. The first-order chi connectivity index (χ1) is 18.9. The van der Waals surface area contributed by atoms with Crippen LogP contribution in [-0.4, -0.2) is 24.0 Å². The van der Waals surface area contributed by atoms with Gasteiger partial charge in [-0.05, 0) is 48.4 Å². The average Bonchev–Trinajstić information content (AvgIpc) is 2.95. The molecule has 0 aliphatic rings. The number of carbonyl (C=O) groups excluding carboxylic acids is 3. The number of hydrogen-bond donors (Lipinski definition) is 2. The molecule has 0 bridgehead atoms. The van der Waals surface area contributed by atoms with Crippen molar-refractivity contribution in [3.8, 4) is 5.75 Å². The molecule has 198 valence electrons. The summed E-state index contributed by atoms with van der Waals surface area (Å²) in [6.45, 7) is 1.98. The van der Waals surface area contributed by atoms with E-state index < -0.39 is 24.0 Å². The minimum atomic E-state index is -1.08. The number of rotatable bonds is 9. The van der Waals surface area contributed by atoms with Crippen LogP contribution < -0.4 is 15.4 Å². The fraction of sp³-hybridized carbons (Fsp3) is 0.129. The summed E-state index contributed by atoms with van der Waals surface area (Å²) in [6.07, 6.45) is -0.622. The number of carbonyl (C=O) groups is 3. The molecule has 4 aromatic rings. The number of anilines is 1. The molecule has 39 heavy (non-hydrogen) atoms. The van der Waals surface area contributed by atoms with Crippen LogP contribution in [0.2, 0.25) is 5.02 Å². The van der Waals surface area contributed by atoms with Gasteiger partial charge in [0.1, 0.15) is 18.4 Å². The Hall–Kier alpha value is -4.62. The summed E-state index contributed by atoms with van der Waals surface area (Å²) < 4.78 is 11.0. The van der Waals surface area contributed by atoms with E-state index in [1.807, 2.05) is 79.7 Å². The number of nitrogens with one attached hydrogen (secondary N) is 2. The minimum absolute atomic E-state index is 0.00604. The van der Waals surface area contributed by atoms with Crippen LogP contribution in [0.4, 0.5) is 10.5 Å². The van der Waals surface area contributed by atoms with E-state index in [9.17, 15) is 14.4 Å². The molecule has 8 heteroatoms. The highest BCUT2D eigenvalue weighted by Crippen LogP contribution is 2.25. The molecule has 4 rings (SSSR count). The highest BCUT2D eigenvalue weighted by atomic mass is 35.5. The standard InChI is InChI=1S/C31H27ClN2O5/c1-21-12-15-25(16-13-21)33-29(35)26-19-24(32)14-17-28(26)39-30(36)27(18-22-8-4-2-5-9-22)34-31(37)38-20-23-10-6-3-7-11-23/h2-17,19,27H,18,20H2,1H3,(H,33,35)(H,34,37)/t27-/m0/s1. The Morgan fingerprint density at radius 2 is 1.46 bits per heavy atom. The van der Waals surface area contributed by atoms with E-state index in [0.717, 1.165) is 16.7 Å². The zero-order valence-electron chi connectivity index (χ0n) is 21.2. The lowest BCUT2D eigenvalue weighted by Crippen LogP contribution is -2.44. The van der Waals surface area contributed by atoms with E-state index in [4.69, 9.17) is 21.1 Å². The zero-order chi connectivity index (χ0) is 27.6. The zero-order valence-corrected chi connectivity index (χ0v) is 22.0. The second-order valence-corrected chi connectivity index (χ2v) is 9.27. The maximum Gasteiger partial charge on any atom is 0.408 e. The normalized spacial score (nSPS) is 11.2. The monoisotopic (exact) mass is 542 g/mol. The Balaban J connectivity index is 1.50.